The minimum atomic E-state index is -0.470. The second kappa shape index (κ2) is 7.26. The van der Waals surface area contributed by atoms with Gasteiger partial charge >= 0.3 is 0 Å². The van der Waals surface area contributed by atoms with Crippen LogP contribution >= 0.6 is 11.6 Å². The van der Waals surface area contributed by atoms with E-state index in [2.05, 4.69) is 10.9 Å². The van der Waals surface area contributed by atoms with E-state index >= 15 is 0 Å². The summed E-state index contributed by atoms with van der Waals surface area (Å²) in [7, 11) is 0. The topological polar surface area (TPSA) is 58.2 Å². The van der Waals surface area contributed by atoms with E-state index in [4.69, 9.17) is 11.6 Å². The van der Waals surface area contributed by atoms with Crippen molar-refractivity contribution in [2.45, 2.75) is 0 Å². The molecule has 2 aromatic carbocycles. The summed E-state index contributed by atoms with van der Waals surface area (Å²) in [5, 5.41) is 0.323. The predicted octanol–water partition coefficient (Wildman–Crippen LogP) is 2.81. The van der Waals surface area contributed by atoms with Crippen molar-refractivity contribution < 1.29 is 9.59 Å². The van der Waals surface area contributed by atoms with Crippen LogP contribution in [0.25, 0.3) is 6.08 Å². The van der Waals surface area contributed by atoms with Crippen LogP contribution in [-0.2, 0) is 4.79 Å². The molecule has 21 heavy (non-hydrogen) atoms. The number of amides is 2. The molecule has 0 radical (unpaired) electrons. The van der Waals surface area contributed by atoms with Crippen molar-refractivity contribution in [3.8, 4) is 0 Å². The van der Waals surface area contributed by atoms with Crippen LogP contribution in [0.4, 0.5) is 0 Å². The lowest BCUT2D eigenvalue weighted by molar-refractivity contribution is -0.117. The average molecular weight is 301 g/mol. The van der Waals surface area contributed by atoms with Gasteiger partial charge in [0, 0.05) is 6.08 Å². The minimum absolute atomic E-state index is 0.298. The molecule has 2 amide bonds. The Bertz CT molecular complexity index is 669. The first-order chi connectivity index (χ1) is 10.2. The molecule has 0 saturated heterocycles. The van der Waals surface area contributed by atoms with Gasteiger partial charge in [-0.3, -0.25) is 20.4 Å². The number of hydrogen-bond acceptors (Lipinski definition) is 2. The van der Waals surface area contributed by atoms with Crippen molar-refractivity contribution in [1.29, 1.82) is 0 Å². The SMILES string of the molecule is O=C(/C=C/c1ccccc1)NNC(=O)c1ccccc1Cl. The molecule has 0 saturated carbocycles. The van der Waals surface area contributed by atoms with E-state index in [0.29, 0.717) is 10.6 Å². The molecule has 0 unspecified atom stereocenters. The molecule has 0 fully saturated rings. The van der Waals surface area contributed by atoms with Gasteiger partial charge in [0.2, 0.25) is 0 Å². The molecule has 4 nitrogen and oxygen atoms in total. The fraction of sp³-hybridized carbons (Fsp3) is 0. The number of nitrogens with one attached hydrogen (secondary N) is 2. The number of rotatable bonds is 3. The monoisotopic (exact) mass is 300 g/mol. The van der Waals surface area contributed by atoms with Crippen LogP contribution in [0, 0.1) is 0 Å². The molecule has 0 aliphatic carbocycles. The van der Waals surface area contributed by atoms with Crippen molar-refractivity contribution in [2.24, 2.45) is 0 Å². The van der Waals surface area contributed by atoms with Crippen molar-refractivity contribution in [1.82, 2.24) is 10.9 Å². The van der Waals surface area contributed by atoms with Crippen LogP contribution in [0.15, 0.2) is 60.7 Å². The van der Waals surface area contributed by atoms with Crippen LogP contribution in [0.3, 0.4) is 0 Å². The molecule has 5 heteroatoms. The van der Waals surface area contributed by atoms with Gasteiger partial charge in [-0.05, 0) is 23.8 Å². The van der Waals surface area contributed by atoms with Crippen LogP contribution < -0.4 is 10.9 Å². The first-order valence-corrected chi connectivity index (χ1v) is 6.62. The molecule has 2 rings (SSSR count). The maximum absolute atomic E-state index is 11.8. The molecule has 0 aliphatic heterocycles. The molecule has 0 bridgehead atoms. The highest BCUT2D eigenvalue weighted by Gasteiger charge is 2.09. The first-order valence-electron chi connectivity index (χ1n) is 6.25. The first kappa shape index (κ1) is 14.8. The second-order valence-electron chi connectivity index (χ2n) is 4.17. The number of hydrazine groups is 1. The lowest BCUT2D eigenvalue weighted by atomic mass is 10.2. The molecule has 106 valence electrons. The fourth-order valence-electron chi connectivity index (χ4n) is 1.61. The molecule has 2 N–H and O–H groups in total. The molecule has 0 aliphatic rings. The Morgan fingerprint density at radius 1 is 0.905 bits per heavy atom. The lowest BCUT2D eigenvalue weighted by Gasteiger charge is -2.06. The standard InChI is InChI=1S/C16H13ClN2O2/c17-14-9-5-4-8-13(14)16(21)19-18-15(20)11-10-12-6-2-1-3-7-12/h1-11H,(H,18,20)(H,19,21)/b11-10+. The number of carbonyl (C=O) groups is 2. The summed E-state index contributed by atoms with van der Waals surface area (Å²) in [6, 6.07) is 16.0. The second-order valence-corrected chi connectivity index (χ2v) is 4.57. The molecule has 0 aromatic heterocycles. The van der Waals surface area contributed by atoms with Crippen LogP contribution in [0.2, 0.25) is 5.02 Å². The van der Waals surface area contributed by atoms with Crippen LogP contribution in [0.5, 0.6) is 0 Å². The fourth-order valence-corrected chi connectivity index (χ4v) is 1.83. The van der Waals surface area contributed by atoms with Gasteiger partial charge in [-0.2, -0.15) is 0 Å². The summed E-state index contributed by atoms with van der Waals surface area (Å²) in [6.45, 7) is 0. The number of carbonyl (C=O) groups excluding carboxylic acids is 2. The van der Waals surface area contributed by atoms with Gasteiger partial charge in [0.25, 0.3) is 11.8 Å². The number of benzene rings is 2. The van der Waals surface area contributed by atoms with E-state index in [1.54, 1.807) is 30.3 Å². The Balaban J connectivity index is 1.88. The molecule has 0 atom stereocenters. The Labute approximate surface area is 127 Å². The summed E-state index contributed by atoms with van der Waals surface area (Å²) >= 11 is 5.89. The molecule has 2 aromatic rings. The highest BCUT2D eigenvalue weighted by molar-refractivity contribution is 6.33. The van der Waals surface area contributed by atoms with Crippen molar-refractivity contribution >= 4 is 29.5 Å². The third-order valence-corrected chi connectivity index (χ3v) is 2.97. The van der Waals surface area contributed by atoms with Crippen molar-refractivity contribution in [3.05, 3.63) is 76.8 Å². The third kappa shape index (κ3) is 4.47. The normalized spacial score (nSPS) is 10.3. The molecule has 0 spiro atoms. The molecular weight excluding hydrogens is 288 g/mol. The van der Waals surface area contributed by atoms with E-state index in [0.717, 1.165) is 5.56 Å². The Morgan fingerprint density at radius 2 is 1.57 bits per heavy atom. The zero-order valence-corrected chi connectivity index (χ0v) is 11.8. The van der Waals surface area contributed by atoms with E-state index in [1.165, 1.54) is 6.08 Å². The largest absolute Gasteiger partial charge is 0.271 e. The van der Waals surface area contributed by atoms with Crippen LogP contribution in [-0.4, -0.2) is 11.8 Å². The van der Waals surface area contributed by atoms with Crippen LogP contribution in [0.1, 0.15) is 15.9 Å². The van der Waals surface area contributed by atoms with Gasteiger partial charge in [0.15, 0.2) is 0 Å². The average Bonchev–Trinajstić information content (AvgIpc) is 2.52. The van der Waals surface area contributed by atoms with Gasteiger partial charge < -0.3 is 0 Å². The van der Waals surface area contributed by atoms with E-state index < -0.39 is 11.8 Å². The van der Waals surface area contributed by atoms with E-state index in [9.17, 15) is 9.59 Å². The van der Waals surface area contributed by atoms with Gasteiger partial charge in [-0.1, -0.05) is 54.1 Å². The summed E-state index contributed by atoms with van der Waals surface area (Å²) < 4.78 is 0. The van der Waals surface area contributed by atoms with Gasteiger partial charge in [-0.15, -0.1) is 0 Å². The predicted molar refractivity (Wildman–Crippen MR) is 82.5 cm³/mol. The zero-order valence-electron chi connectivity index (χ0n) is 11.0. The smallest absolute Gasteiger partial charge is 0.268 e. The Morgan fingerprint density at radius 3 is 2.29 bits per heavy atom. The maximum atomic E-state index is 11.8. The summed E-state index contributed by atoms with van der Waals surface area (Å²) in [5.74, 6) is -0.902. The summed E-state index contributed by atoms with van der Waals surface area (Å²) in [5.41, 5.74) is 5.79. The Kier molecular flexibility index (Phi) is 5.12. The van der Waals surface area contributed by atoms with Gasteiger partial charge in [0.05, 0.1) is 10.6 Å². The molecule has 0 heterocycles. The van der Waals surface area contributed by atoms with Gasteiger partial charge in [0.1, 0.15) is 0 Å². The van der Waals surface area contributed by atoms with Crippen molar-refractivity contribution in [2.75, 3.05) is 0 Å². The zero-order chi connectivity index (χ0) is 15.1. The third-order valence-electron chi connectivity index (χ3n) is 2.64. The highest BCUT2D eigenvalue weighted by atomic mass is 35.5. The number of hydrogen-bond donors (Lipinski definition) is 2. The van der Waals surface area contributed by atoms with Gasteiger partial charge in [-0.25, -0.2) is 0 Å². The molecular formula is C16H13ClN2O2. The Hall–Kier alpha value is -2.59. The number of halogens is 1. The quantitative estimate of drug-likeness (QED) is 0.676. The summed E-state index contributed by atoms with van der Waals surface area (Å²) in [4.78, 5) is 23.4. The summed E-state index contributed by atoms with van der Waals surface area (Å²) in [6.07, 6.45) is 2.99. The van der Waals surface area contributed by atoms with E-state index in [-0.39, 0.29) is 0 Å². The van der Waals surface area contributed by atoms with Crippen molar-refractivity contribution in [3.63, 3.8) is 0 Å². The minimum Gasteiger partial charge on any atom is -0.268 e. The lowest BCUT2D eigenvalue weighted by Crippen LogP contribution is -2.40. The maximum Gasteiger partial charge on any atom is 0.271 e. The van der Waals surface area contributed by atoms with E-state index in [1.807, 2.05) is 30.3 Å². The highest BCUT2D eigenvalue weighted by Crippen LogP contribution is 2.14.